The second-order valence-electron chi connectivity index (χ2n) is 6.65. The van der Waals surface area contributed by atoms with Crippen molar-refractivity contribution in [3.8, 4) is 5.88 Å². The molecule has 1 unspecified atom stereocenters. The zero-order chi connectivity index (χ0) is 18.6. The number of nitrogens with zero attached hydrogens (tertiary/aromatic N) is 1. The SMILES string of the molecule is COc1ccc2ccc(F)c(C(CO)CNC(=O)OC(C)(C)C)c2n1. The first-order chi connectivity index (χ1) is 11.7. The maximum absolute atomic E-state index is 14.5. The summed E-state index contributed by atoms with van der Waals surface area (Å²) in [5, 5.41) is 13.0. The lowest BCUT2D eigenvalue weighted by molar-refractivity contribution is 0.0520. The first-order valence-electron chi connectivity index (χ1n) is 7.96. The Bertz CT molecular complexity index is 759. The maximum atomic E-state index is 14.5. The summed E-state index contributed by atoms with van der Waals surface area (Å²) in [7, 11) is 1.47. The minimum absolute atomic E-state index is 0.0142. The molecule has 2 rings (SSSR count). The summed E-state index contributed by atoms with van der Waals surface area (Å²) in [4.78, 5) is 16.1. The van der Waals surface area contributed by atoms with Crippen molar-refractivity contribution in [3.63, 3.8) is 0 Å². The van der Waals surface area contributed by atoms with E-state index in [4.69, 9.17) is 9.47 Å². The van der Waals surface area contributed by atoms with E-state index in [2.05, 4.69) is 10.3 Å². The summed E-state index contributed by atoms with van der Waals surface area (Å²) in [5.41, 5.74) is -0.0161. The summed E-state index contributed by atoms with van der Waals surface area (Å²) in [6, 6.07) is 6.37. The van der Waals surface area contributed by atoms with Crippen molar-refractivity contribution in [1.82, 2.24) is 10.3 Å². The van der Waals surface area contributed by atoms with Crippen molar-refractivity contribution in [2.75, 3.05) is 20.3 Å². The molecule has 1 aromatic heterocycles. The molecule has 0 spiro atoms. The first-order valence-corrected chi connectivity index (χ1v) is 7.96. The molecule has 0 aliphatic rings. The van der Waals surface area contributed by atoms with Crippen LogP contribution in [-0.4, -0.2) is 42.0 Å². The Labute approximate surface area is 146 Å². The molecule has 1 aromatic carbocycles. The van der Waals surface area contributed by atoms with E-state index in [9.17, 15) is 14.3 Å². The molecule has 1 amide bonds. The molecule has 2 N–H and O–H groups in total. The molecular formula is C18H23FN2O4. The minimum Gasteiger partial charge on any atom is -0.481 e. The molecule has 0 aliphatic heterocycles. The van der Waals surface area contributed by atoms with Crippen LogP contribution >= 0.6 is 0 Å². The average Bonchev–Trinajstić information content (AvgIpc) is 2.54. The van der Waals surface area contributed by atoms with Crippen molar-refractivity contribution < 1.29 is 23.8 Å². The quantitative estimate of drug-likeness (QED) is 0.866. The number of rotatable bonds is 5. The summed E-state index contributed by atoms with van der Waals surface area (Å²) < 4.78 is 24.7. The van der Waals surface area contributed by atoms with Crippen molar-refractivity contribution >= 4 is 17.0 Å². The summed E-state index contributed by atoms with van der Waals surface area (Å²) in [6.45, 7) is 4.90. The molecule has 25 heavy (non-hydrogen) atoms. The van der Waals surface area contributed by atoms with E-state index < -0.39 is 23.4 Å². The van der Waals surface area contributed by atoms with E-state index in [0.29, 0.717) is 16.8 Å². The Kier molecular flexibility index (Phi) is 5.79. The van der Waals surface area contributed by atoms with Crippen molar-refractivity contribution in [2.45, 2.75) is 32.3 Å². The molecular weight excluding hydrogens is 327 g/mol. The second kappa shape index (κ2) is 7.65. The molecule has 0 saturated heterocycles. The molecule has 7 heteroatoms. The lowest BCUT2D eigenvalue weighted by Gasteiger charge is -2.22. The van der Waals surface area contributed by atoms with Gasteiger partial charge in [-0.2, -0.15) is 0 Å². The highest BCUT2D eigenvalue weighted by Crippen LogP contribution is 2.28. The summed E-state index contributed by atoms with van der Waals surface area (Å²) in [5.74, 6) is -0.828. The van der Waals surface area contributed by atoms with E-state index in [1.807, 2.05) is 0 Å². The van der Waals surface area contributed by atoms with Gasteiger partial charge in [-0.3, -0.25) is 0 Å². The third-order valence-corrected chi connectivity index (χ3v) is 3.55. The van der Waals surface area contributed by atoms with Gasteiger partial charge in [-0.15, -0.1) is 0 Å². The lowest BCUT2D eigenvalue weighted by atomic mass is 9.96. The van der Waals surface area contributed by atoms with E-state index in [-0.39, 0.29) is 18.7 Å². The van der Waals surface area contributed by atoms with Crippen LogP contribution < -0.4 is 10.1 Å². The number of carbonyl (C=O) groups excluding carboxylic acids is 1. The number of amides is 1. The molecule has 6 nitrogen and oxygen atoms in total. The van der Waals surface area contributed by atoms with Crippen LogP contribution in [0.3, 0.4) is 0 Å². The summed E-state index contributed by atoms with van der Waals surface area (Å²) >= 11 is 0. The average molecular weight is 350 g/mol. The Morgan fingerprint density at radius 3 is 2.60 bits per heavy atom. The first kappa shape index (κ1) is 18.9. The largest absolute Gasteiger partial charge is 0.481 e. The zero-order valence-electron chi connectivity index (χ0n) is 14.8. The van der Waals surface area contributed by atoms with Gasteiger partial charge in [0.1, 0.15) is 11.4 Å². The van der Waals surface area contributed by atoms with Gasteiger partial charge in [0, 0.05) is 29.5 Å². The van der Waals surface area contributed by atoms with Crippen molar-refractivity contribution in [3.05, 3.63) is 35.6 Å². The highest BCUT2D eigenvalue weighted by atomic mass is 19.1. The van der Waals surface area contributed by atoms with Crippen LogP contribution in [0.4, 0.5) is 9.18 Å². The van der Waals surface area contributed by atoms with Crippen LogP contribution in [-0.2, 0) is 4.74 Å². The molecule has 0 aliphatic carbocycles. The van der Waals surface area contributed by atoms with Crippen LogP contribution in [0, 0.1) is 5.82 Å². The number of halogens is 1. The highest BCUT2D eigenvalue weighted by Gasteiger charge is 2.22. The standard InChI is InChI=1S/C18H23FN2O4/c1-18(2,3)25-17(23)20-9-12(10-22)15-13(19)7-5-11-6-8-14(24-4)21-16(11)15/h5-8,12,22H,9-10H2,1-4H3,(H,20,23). The Balaban J connectivity index is 2.30. The fourth-order valence-electron chi connectivity index (χ4n) is 2.45. The van der Waals surface area contributed by atoms with Gasteiger partial charge in [-0.05, 0) is 39.0 Å². The van der Waals surface area contributed by atoms with Gasteiger partial charge in [0.2, 0.25) is 5.88 Å². The number of hydrogen-bond donors (Lipinski definition) is 2. The number of aromatic nitrogens is 1. The highest BCUT2D eigenvalue weighted by molar-refractivity contribution is 5.83. The summed E-state index contributed by atoms with van der Waals surface area (Å²) in [6.07, 6.45) is -0.628. The van der Waals surface area contributed by atoms with E-state index in [1.54, 1.807) is 39.0 Å². The third-order valence-electron chi connectivity index (χ3n) is 3.55. The second-order valence-corrected chi connectivity index (χ2v) is 6.65. The molecule has 0 fully saturated rings. The topological polar surface area (TPSA) is 80.7 Å². The number of aliphatic hydroxyl groups is 1. The van der Waals surface area contributed by atoms with Gasteiger partial charge >= 0.3 is 6.09 Å². The fraction of sp³-hybridized carbons (Fsp3) is 0.444. The Hall–Kier alpha value is -2.41. The zero-order valence-corrected chi connectivity index (χ0v) is 14.8. The third kappa shape index (κ3) is 4.79. The number of ether oxygens (including phenoxy) is 2. The number of fused-ring (bicyclic) bond motifs is 1. The Morgan fingerprint density at radius 1 is 1.32 bits per heavy atom. The van der Waals surface area contributed by atoms with E-state index >= 15 is 0 Å². The minimum atomic E-state index is -0.671. The fourth-order valence-corrected chi connectivity index (χ4v) is 2.45. The van der Waals surface area contributed by atoms with Crippen LogP contribution in [0.25, 0.3) is 10.9 Å². The van der Waals surface area contributed by atoms with Crippen LogP contribution in [0.15, 0.2) is 24.3 Å². The number of carbonyl (C=O) groups is 1. The maximum Gasteiger partial charge on any atom is 0.407 e. The number of nitrogens with one attached hydrogen (secondary N) is 1. The molecule has 0 bridgehead atoms. The number of alkyl carbamates (subject to hydrolysis) is 1. The monoisotopic (exact) mass is 350 g/mol. The van der Waals surface area contributed by atoms with Gasteiger partial charge in [-0.25, -0.2) is 14.2 Å². The van der Waals surface area contributed by atoms with Crippen LogP contribution in [0.2, 0.25) is 0 Å². The van der Waals surface area contributed by atoms with E-state index in [1.165, 1.54) is 13.2 Å². The van der Waals surface area contributed by atoms with E-state index in [0.717, 1.165) is 0 Å². The predicted molar refractivity (Wildman–Crippen MR) is 92.3 cm³/mol. The lowest BCUT2D eigenvalue weighted by Crippen LogP contribution is -2.35. The molecule has 1 heterocycles. The predicted octanol–water partition coefficient (Wildman–Crippen LogP) is 2.98. The molecule has 0 radical (unpaired) electrons. The van der Waals surface area contributed by atoms with Crippen molar-refractivity contribution in [2.24, 2.45) is 0 Å². The van der Waals surface area contributed by atoms with Crippen molar-refractivity contribution in [1.29, 1.82) is 0 Å². The number of aliphatic hydroxyl groups excluding tert-OH is 1. The number of pyridine rings is 1. The van der Waals surface area contributed by atoms with Crippen LogP contribution in [0.5, 0.6) is 5.88 Å². The number of methoxy groups -OCH3 is 1. The van der Waals surface area contributed by atoms with Gasteiger partial charge in [0.25, 0.3) is 0 Å². The molecule has 2 aromatic rings. The smallest absolute Gasteiger partial charge is 0.407 e. The number of benzene rings is 1. The Morgan fingerprint density at radius 2 is 2.00 bits per heavy atom. The van der Waals surface area contributed by atoms with Gasteiger partial charge < -0.3 is 19.9 Å². The van der Waals surface area contributed by atoms with Crippen LogP contribution in [0.1, 0.15) is 32.3 Å². The molecule has 0 saturated carbocycles. The van der Waals surface area contributed by atoms with Gasteiger partial charge in [0.15, 0.2) is 0 Å². The molecule has 136 valence electrons. The number of hydrogen-bond acceptors (Lipinski definition) is 5. The van der Waals surface area contributed by atoms with Gasteiger partial charge in [-0.1, -0.05) is 0 Å². The normalized spacial score (nSPS) is 12.7. The van der Waals surface area contributed by atoms with Gasteiger partial charge in [0.05, 0.1) is 19.2 Å². The molecule has 1 atom stereocenters.